The minimum atomic E-state index is -1.87. The van der Waals surface area contributed by atoms with Crippen LogP contribution >= 0.6 is 34.8 Å². The second kappa shape index (κ2) is 10.3. The minimum absolute atomic E-state index is 0.0442. The predicted octanol–water partition coefficient (Wildman–Crippen LogP) is 5.17. The molecule has 162 valence electrons. The minimum Gasteiger partial charge on any atom is -0.373 e. The molecule has 0 radical (unpaired) electrons. The van der Waals surface area contributed by atoms with Crippen molar-refractivity contribution in [3.63, 3.8) is 0 Å². The number of benzene rings is 1. The fraction of sp³-hybridized carbons (Fsp3) is 0.682. The van der Waals surface area contributed by atoms with E-state index in [0.717, 1.165) is 25.8 Å². The van der Waals surface area contributed by atoms with Gasteiger partial charge in [0.15, 0.2) is 5.78 Å². The molecule has 0 spiro atoms. The molecule has 2 fully saturated rings. The second-order valence-electron chi connectivity index (χ2n) is 8.27. The number of hydrogen-bond acceptors (Lipinski definition) is 4. The number of Topliss-reactive ketones (excluding diaryl/α,β-unsaturated/α-hetero) is 1. The quantitative estimate of drug-likeness (QED) is 0.524. The fourth-order valence-electron chi connectivity index (χ4n) is 4.79. The number of alkyl halides is 3. The summed E-state index contributed by atoms with van der Waals surface area (Å²) in [6.07, 6.45) is 5.37. The normalized spacial score (nSPS) is 28.2. The van der Waals surface area contributed by atoms with Gasteiger partial charge < -0.3 is 9.47 Å². The van der Waals surface area contributed by atoms with Crippen LogP contribution in [0.5, 0.6) is 0 Å². The van der Waals surface area contributed by atoms with E-state index in [1.165, 1.54) is 24.0 Å². The number of aryl methyl sites for hydroxylation is 1. The van der Waals surface area contributed by atoms with E-state index in [0.29, 0.717) is 18.4 Å². The topological polar surface area (TPSA) is 38.8 Å². The Hall–Kier alpha value is -0.360. The zero-order valence-corrected chi connectivity index (χ0v) is 19.3. The van der Waals surface area contributed by atoms with Gasteiger partial charge in [-0.15, -0.1) is 0 Å². The van der Waals surface area contributed by atoms with Gasteiger partial charge in [0, 0.05) is 6.54 Å². The zero-order chi connectivity index (χ0) is 21.0. The highest BCUT2D eigenvalue weighted by molar-refractivity contribution is 6.66. The molecule has 1 saturated carbocycles. The summed E-state index contributed by atoms with van der Waals surface area (Å²) in [5.74, 6) is 0.882. The van der Waals surface area contributed by atoms with Gasteiger partial charge in [-0.05, 0) is 55.7 Å². The third kappa shape index (κ3) is 6.56. The SMILES string of the molecule is CCc1cccc(CO[C@H]2CCC[C@@H]3CN(C)[C@H](C(=O)COC(Cl)(Cl)Cl)C[C@@H]32)c1. The maximum Gasteiger partial charge on any atom is 0.297 e. The number of halogens is 3. The van der Waals surface area contributed by atoms with Crippen LogP contribution in [0, 0.1) is 11.8 Å². The molecule has 29 heavy (non-hydrogen) atoms. The smallest absolute Gasteiger partial charge is 0.297 e. The summed E-state index contributed by atoms with van der Waals surface area (Å²) >= 11 is 16.9. The Morgan fingerprint density at radius 3 is 2.72 bits per heavy atom. The van der Waals surface area contributed by atoms with Crippen molar-refractivity contribution in [1.29, 1.82) is 0 Å². The summed E-state index contributed by atoms with van der Waals surface area (Å²) in [4.78, 5) is 14.8. The van der Waals surface area contributed by atoms with Crippen LogP contribution < -0.4 is 0 Å². The average molecular weight is 463 g/mol. The van der Waals surface area contributed by atoms with E-state index >= 15 is 0 Å². The van der Waals surface area contributed by atoms with Crippen molar-refractivity contribution in [3.05, 3.63) is 35.4 Å². The van der Waals surface area contributed by atoms with Crippen molar-refractivity contribution in [2.75, 3.05) is 20.2 Å². The Kier molecular flexibility index (Phi) is 8.28. The van der Waals surface area contributed by atoms with Crippen LogP contribution in [0.25, 0.3) is 0 Å². The van der Waals surface area contributed by atoms with Crippen molar-refractivity contribution in [2.45, 2.75) is 61.8 Å². The lowest BCUT2D eigenvalue weighted by molar-refractivity contribution is -0.135. The van der Waals surface area contributed by atoms with Crippen LogP contribution in [-0.4, -0.2) is 47.0 Å². The number of carbonyl (C=O) groups is 1. The van der Waals surface area contributed by atoms with E-state index in [-0.39, 0.29) is 24.5 Å². The first-order valence-corrected chi connectivity index (χ1v) is 11.5. The standard InChI is InChI=1S/C22H30Cl3NO3/c1-3-15-6-4-7-16(10-15)13-28-21-9-5-8-17-12-26(2)19(11-18(17)21)20(27)14-29-22(23,24)25/h4,6-7,10,17-19,21H,3,5,8-9,11-14H2,1-2H3/t17-,18+,19+,21+/m1/s1. The molecule has 1 saturated heterocycles. The Bertz CT molecular complexity index is 694. The summed E-state index contributed by atoms with van der Waals surface area (Å²) in [6, 6.07) is 8.35. The summed E-state index contributed by atoms with van der Waals surface area (Å²) < 4.78 is 9.60. The molecular formula is C22H30Cl3NO3. The molecule has 7 heteroatoms. The van der Waals surface area contributed by atoms with Gasteiger partial charge in [-0.1, -0.05) is 72.4 Å². The molecule has 1 heterocycles. The number of ketones is 1. The van der Waals surface area contributed by atoms with Crippen LogP contribution in [0.2, 0.25) is 0 Å². The Morgan fingerprint density at radius 1 is 1.24 bits per heavy atom. The van der Waals surface area contributed by atoms with Crippen molar-refractivity contribution < 1.29 is 14.3 Å². The van der Waals surface area contributed by atoms with Gasteiger partial charge in [0.05, 0.1) is 18.8 Å². The lowest BCUT2D eigenvalue weighted by Gasteiger charge is -2.47. The highest BCUT2D eigenvalue weighted by atomic mass is 35.6. The summed E-state index contributed by atoms with van der Waals surface area (Å²) in [5, 5.41) is 0. The molecule has 1 aliphatic heterocycles. The largest absolute Gasteiger partial charge is 0.373 e. The van der Waals surface area contributed by atoms with E-state index in [2.05, 4.69) is 36.1 Å². The summed E-state index contributed by atoms with van der Waals surface area (Å²) in [5.41, 5.74) is 2.54. The molecular weight excluding hydrogens is 433 g/mol. The first-order chi connectivity index (χ1) is 13.8. The molecule has 1 aromatic carbocycles. The molecule has 0 N–H and O–H groups in total. The average Bonchev–Trinajstić information content (AvgIpc) is 2.69. The molecule has 0 unspecified atom stereocenters. The Balaban J connectivity index is 1.62. The number of nitrogens with zero attached hydrogens (tertiary/aromatic N) is 1. The monoisotopic (exact) mass is 461 g/mol. The van der Waals surface area contributed by atoms with E-state index in [9.17, 15) is 4.79 Å². The van der Waals surface area contributed by atoms with Gasteiger partial charge in [0.25, 0.3) is 3.98 Å². The number of hydrogen-bond donors (Lipinski definition) is 0. The first-order valence-electron chi connectivity index (χ1n) is 10.4. The number of rotatable bonds is 7. The van der Waals surface area contributed by atoms with Gasteiger partial charge in [-0.25, -0.2) is 0 Å². The van der Waals surface area contributed by atoms with Crippen molar-refractivity contribution in [2.24, 2.45) is 11.8 Å². The Labute approximate surface area is 188 Å². The number of piperidine rings is 1. The highest BCUT2D eigenvalue weighted by Crippen LogP contribution is 2.40. The molecule has 0 aromatic heterocycles. The molecule has 1 aromatic rings. The third-order valence-electron chi connectivity index (χ3n) is 6.31. The number of fused-ring (bicyclic) bond motifs is 1. The molecule has 0 bridgehead atoms. The maximum absolute atomic E-state index is 12.7. The molecule has 4 nitrogen and oxygen atoms in total. The molecule has 3 rings (SSSR count). The van der Waals surface area contributed by atoms with E-state index in [1.54, 1.807) is 0 Å². The summed E-state index contributed by atoms with van der Waals surface area (Å²) in [7, 11) is 1.99. The van der Waals surface area contributed by atoms with E-state index in [1.807, 2.05) is 7.05 Å². The van der Waals surface area contributed by atoms with Gasteiger partial charge >= 0.3 is 0 Å². The molecule has 0 amide bonds. The third-order valence-corrected chi connectivity index (χ3v) is 6.64. The van der Waals surface area contributed by atoms with Crippen LogP contribution in [0.4, 0.5) is 0 Å². The van der Waals surface area contributed by atoms with Gasteiger partial charge in [-0.2, -0.15) is 0 Å². The first kappa shape index (κ1) is 23.3. The zero-order valence-electron chi connectivity index (χ0n) is 17.1. The highest BCUT2D eigenvalue weighted by Gasteiger charge is 2.43. The van der Waals surface area contributed by atoms with E-state index < -0.39 is 3.98 Å². The lowest BCUT2D eigenvalue weighted by atomic mass is 9.70. The van der Waals surface area contributed by atoms with Crippen molar-refractivity contribution in [3.8, 4) is 0 Å². The van der Waals surface area contributed by atoms with Gasteiger partial charge in [0.1, 0.15) is 6.61 Å². The number of carbonyl (C=O) groups excluding carboxylic acids is 1. The lowest BCUT2D eigenvalue weighted by Crippen LogP contribution is -2.54. The van der Waals surface area contributed by atoms with Crippen molar-refractivity contribution >= 4 is 40.6 Å². The summed E-state index contributed by atoms with van der Waals surface area (Å²) in [6.45, 7) is 3.47. The molecule has 2 aliphatic rings. The van der Waals surface area contributed by atoms with Crippen LogP contribution in [0.15, 0.2) is 24.3 Å². The van der Waals surface area contributed by atoms with Gasteiger partial charge in [-0.3, -0.25) is 9.69 Å². The number of likely N-dealkylation sites (tertiary alicyclic amines) is 1. The number of likely N-dealkylation sites (N-methyl/N-ethyl adjacent to an activating group) is 1. The van der Waals surface area contributed by atoms with Gasteiger partial charge in [0.2, 0.25) is 0 Å². The Morgan fingerprint density at radius 2 is 2.00 bits per heavy atom. The fourth-order valence-corrected chi connectivity index (χ4v) is 4.96. The van der Waals surface area contributed by atoms with Crippen LogP contribution in [-0.2, 0) is 27.3 Å². The van der Waals surface area contributed by atoms with Crippen LogP contribution in [0.3, 0.4) is 0 Å². The maximum atomic E-state index is 12.7. The molecule has 4 atom stereocenters. The van der Waals surface area contributed by atoms with Crippen molar-refractivity contribution in [1.82, 2.24) is 4.90 Å². The van der Waals surface area contributed by atoms with E-state index in [4.69, 9.17) is 44.3 Å². The molecule has 1 aliphatic carbocycles. The van der Waals surface area contributed by atoms with Crippen LogP contribution in [0.1, 0.15) is 43.7 Å². The predicted molar refractivity (Wildman–Crippen MR) is 118 cm³/mol. The second-order valence-corrected chi connectivity index (χ2v) is 10.4. The number of ether oxygens (including phenoxy) is 2.